The zero-order chi connectivity index (χ0) is 13.3. The number of benzene rings is 1. The normalized spacial score (nSPS) is 11.7. The molecule has 18 heavy (non-hydrogen) atoms. The van der Waals surface area contributed by atoms with E-state index in [2.05, 4.69) is 5.10 Å². The predicted molar refractivity (Wildman–Crippen MR) is 66.2 cm³/mol. The minimum Gasteiger partial charge on any atom is -0.236 e. The molecule has 0 atom stereocenters. The Morgan fingerprint density at radius 1 is 1.44 bits per heavy atom. The van der Waals surface area contributed by atoms with E-state index in [1.165, 1.54) is 29.2 Å². The molecule has 0 fully saturated rings. The van der Waals surface area contributed by atoms with Crippen LogP contribution in [0.5, 0.6) is 0 Å². The van der Waals surface area contributed by atoms with Gasteiger partial charge in [-0.3, -0.25) is 0 Å². The van der Waals surface area contributed by atoms with Crippen molar-refractivity contribution in [1.82, 2.24) is 9.78 Å². The average Bonchev–Trinajstić information content (AvgIpc) is 2.77. The summed E-state index contributed by atoms with van der Waals surface area (Å²) in [6, 6.07) is 4.47. The molecule has 0 aliphatic heterocycles. The molecule has 96 valence electrons. The van der Waals surface area contributed by atoms with Crippen LogP contribution in [0.3, 0.4) is 0 Å². The van der Waals surface area contributed by atoms with Crippen molar-refractivity contribution in [3.8, 4) is 5.69 Å². The summed E-state index contributed by atoms with van der Waals surface area (Å²) in [4.78, 5) is 0.0336. The van der Waals surface area contributed by atoms with Gasteiger partial charge in [-0.1, -0.05) is 12.1 Å². The highest BCUT2D eigenvalue weighted by molar-refractivity contribution is 7.90. The molecule has 7 heteroatoms. The van der Waals surface area contributed by atoms with E-state index in [1.54, 1.807) is 6.07 Å². The fraction of sp³-hybridized carbons (Fsp3) is 0.182. The molecule has 0 N–H and O–H groups in total. The first-order chi connectivity index (χ1) is 8.43. The van der Waals surface area contributed by atoms with Crippen molar-refractivity contribution in [2.75, 3.05) is 6.26 Å². The number of aromatic nitrogens is 2. The molecular weight excluding hydrogens is 279 g/mol. The fourth-order valence-corrected chi connectivity index (χ4v) is 2.29. The van der Waals surface area contributed by atoms with Crippen LogP contribution in [-0.2, 0) is 15.7 Å². The van der Waals surface area contributed by atoms with Crippen molar-refractivity contribution in [2.24, 2.45) is 0 Å². The molecule has 0 bridgehead atoms. The Morgan fingerprint density at radius 3 is 2.72 bits per heavy atom. The standard InChI is InChI=1S/C11H10ClFN2O2S/c1-18(16,17)9-6-14-15(7-9)11-8(5-12)3-2-4-10(11)13/h2-4,6-7H,5H2,1H3. The summed E-state index contributed by atoms with van der Waals surface area (Å²) >= 11 is 5.72. The first-order valence-electron chi connectivity index (χ1n) is 5.02. The zero-order valence-electron chi connectivity index (χ0n) is 9.47. The predicted octanol–water partition coefficient (Wildman–Crippen LogP) is 2.15. The second-order valence-corrected chi connectivity index (χ2v) is 6.06. The van der Waals surface area contributed by atoms with Crippen LogP contribution in [0.2, 0.25) is 0 Å². The lowest BCUT2D eigenvalue weighted by atomic mass is 10.2. The number of halogens is 2. The second-order valence-electron chi connectivity index (χ2n) is 3.77. The molecule has 0 aliphatic rings. The van der Waals surface area contributed by atoms with Crippen molar-refractivity contribution >= 4 is 21.4 Å². The zero-order valence-corrected chi connectivity index (χ0v) is 11.0. The molecule has 2 rings (SSSR count). The van der Waals surface area contributed by atoms with Crippen LogP contribution in [0.4, 0.5) is 4.39 Å². The molecule has 1 heterocycles. The monoisotopic (exact) mass is 288 g/mol. The van der Waals surface area contributed by atoms with E-state index < -0.39 is 15.7 Å². The van der Waals surface area contributed by atoms with Crippen LogP contribution in [0.25, 0.3) is 5.69 Å². The number of para-hydroxylation sites is 1. The molecule has 0 spiro atoms. The van der Waals surface area contributed by atoms with Crippen LogP contribution in [0.1, 0.15) is 5.56 Å². The molecule has 0 saturated heterocycles. The number of sulfone groups is 1. The van der Waals surface area contributed by atoms with Crippen LogP contribution in [-0.4, -0.2) is 24.5 Å². The largest absolute Gasteiger partial charge is 0.236 e. The summed E-state index contributed by atoms with van der Waals surface area (Å²) in [5.74, 6) is -0.391. The van der Waals surface area contributed by atoms with Gasteiger partial charge in [0.2, 0.25) is 0 Å². The Balaban J connectivity index is 2.60. The Hall–Kier alpha value is -1.40. The second kappa shape index (κ2) is 4.70. The van der Waals surface area contributed by atoms with Crippen LogP contribution < -0.4 is 0 Å². The summed E-state index contributed by atoms with van der Waals surface area (Å²) < 4.78 is 37.6. The lowest BCUT2D eigenvalue weighted by Crippen LogP contribution is -2.02. The average molecular weight is 289 g/mol. The maximum atomic E-state index is 13.8. The summed E-state index contributed by atoms with van der Waals surface area (Å²) in [5, 5.41) is 3.86. The summed E-state index contributed by atoms with van der Waals surface area (Å²) in [6.45, 7) is 0. The first-order valence-corrected chi connectivity index (χ1v) is 7.44. The van der Waals surface area contributed by atoms with E-state index in [9.17, 15) is 12.8 Å². The van der Waals surface area contributed by atoms with Crippen molar-refractivity contribution in [3.63, 3.8) is 0 Å². The molecule has 0 aliphatic carbocycles. The van der Waals surface area contributed by atoms with Crippen LogP contribution >= 0.6 is 11.6 Å². The summed E-state index contributed by atoms with van der Waals surface area (Å²) in [7, 11) is -3.36. The minimum absolute atomic E-state index is 0.0336. The maximum Gasteiger partial charge on any atom is 0.178 e. The summed E-state index contributed by atoms with van der Waals surface area (Å²) in [5.41, 5.74) is 0.710. The quantitative estimate of drug-likeness (QED) is 0.813. The number of alkyl halides is 1. The van der Waals surface area contributed by atoms with E-state index in [1.807, 2.05) is 0 Å². The van der Waals surface area contributed by atoms with E-state index >= 15 is 0 Å². The van der Waals surface area contributed by atoms with Crippen LogP contribution in [0.15, 0.2) is 35.5 Å². The topological polar surface area (TPSA) is 52.0 Å². The van der Waals surface area contributed by atoms with Gasteiger partial charge in [-0.05, 0) is 11.6 Å². The van der Waals surface area contributed by atoms with E-state index in [0.29, 0.717) is 5.56 Å². The summed E-state index contributed by atoms with van der Waals surface area (Å²) in [6.07, 6.45) is 3.52. The highest BCUT2D eigenvalue weighted by Gasteiger charge is 2.15. The number of rotatable bonds is 3. The van der Waals surface area contributed by atoms with Crippen molar-refractivity contribution < 1.29 is 12.8 Å². The van der Waals surface area contributed by atoms with Crippen molar-refractivity contribution in [1.29, 1.82) is 0 Å². The molecule has 0 amide bonds. The lowest BCUT2D eigenvalue weighted by molar-refractivity contribution is 0.600. The molecule has 2 aromatic rings. The Morgan fingerprint density at radius 2 is 2.17 bits per heavy atom. The third-order valence-corrected chi connectivity index (χ3v) is 3.79. The highest BCUT2D eigenvalue weighted by Crippen LogP contribution is 2.21. The third kappa shape index (κ3) is 2.39. The minimum atomic E-state index is -3.36. The van der Waals surface area contributed by atoms with Crippen molar-refractivity contribution in [3.05, 3.63) is 42.0 Å². The molecule has 1 aromatic carbocycles. The van der Waals surface area contributed by atoms with Gasteiger partial charge in [-0.25, -0.2) is 17.5 Å². The highest BCUT2D eigenvalue weighted by atomic mass is 35.5. The van der Waals surface area contributed by atoms with Gasteiger partial charge in [-0.2, -0.15) is 5.10 Å². The molecule has 0 saturated carbocycles. The van der Waals surface area contributed by atoms with Gasteiger partial charge in [0.15, 0.2) is 9.84 Å². The molecule has 0 radical (unpaired) electrons. The molecule has 1 aromatic heterocycles. The first kappa shape index (κ1) is 13.0. The Labute approximate surface area is 109 Å². The lowest BCUT2D eigenvalue weighted by Gasteiger charge is -2.07. The van der Waals surface area contributed by atoms with Crippen LogP contribution in [0, 0.1) is 5.82 Å². The number of hydrogen-bond acceptors (Lipinski definition) is 3. The molecule has 0 unspecified atom stereocenters. The third-order valence-electron chi connectivity index (χ3n) is 2.43. The number of hydrogen-bond donors (Lipinski definition) is 0. The van der Waals surface area contributed by atoms with Gasteiger partial charge in [0, 0.05) is 18.3 Å². The van der Waals surface area contributed by atoms with E-state index in [-0.39, 0.29) is 16.5 Å². The molecular formula is C11H10ClFN2O2S. The van der Waals surface area contributed by atoms with Crippen molar-refractivity contribution in [2.45, 2.75) is 10.8 Å². The van der Waals surface area contributed by atoms with Gasteiger partial charge < -0.3 is 0 Å². The SMILES string of the molecule is CS(=O)(=O)c1cnn(-c2c(F)cccc2CCl)c1. The van der Waals surface area contributed by atoms with Gasteiger partial charge in [0.05, 0.1) is 6.20 Å². The van der Waals surface area contributed by atoms with E-state index in [0.717, 1.165) is 6.26 Å². The Bertz CT molecular complexity index is 682. The molecule has 4 nitrogen and oxygen atoms in total. The van der Waals surface area contributed by atoms with E-state index in [4.69, 9.17) is 11.6 Å². The van der Waals surface area contributed by atoms with Gasteiger partial charge in [0.25, 0.3) is 0 Å². The maximum absolute atomic E-state index is 13.8. The van der Waals surface area contributed by atoms with Gasteiger partial charge in [-0.15, -0.1) is 11.6 Å². The fourth-order valence-electron chi connectivity index (χ4n) is 1.54. The van der Waals surface area contributed by atoms with Gasteiger partial charge in [0.1, 0.15) is 16.4 Å². The van der Waals surface area contributed by atoms with Gasteiger partial charge >= 0.3 is 0 Å². The smallest absolute Gasteiger partial charge is 0.178 e. The Kier molecular flexibility index (Phi) is 3.41. The number of nitrogens with zero attached hydrogens (tertiary/aromatic N) is 2.